The quantitative estimate of drug-likeness (QED) is 0.521. The van der Waals surface area contributed by atoms with Gasteiger partial charge in [-0.05, 0) is 81.5 Å². The van der Waals surface area contributed by atoms with Crippen LogP contribution in [0, 0.1) is 0 Å². The number of likely N-dealkylation sites (N-methyl/N-ethyl adjacent to an activating group) is 1. The molecule has 6 heteroatoms. The van der Waals surface area contributed by atoms with Crippen molar-refractivity contribution in [3.63, 3.8) is 0 Å². The molecular weight excluding hydrogens is 436 g/mol. The van der Waals surface area contributed by atoms with Gasteiger partial charge in [0.2, 0.25) is 0 Å². The molecule has 3 atom stereocenters. The lowest BCUT2D eigenvalue weighted by atomic mass is 9.73. The summed E-state index contributed by atoms with van der Waals surface area (Å²) in [5.74, 6) is 1.33. The van der Waals surface area contributed by atoms with Crippen molar-refractivity contribution in [3.05, 3.63) is 64.8 Å². The van der Waals surface area contributed by atoms with Gasteiger partial charge in [0.15, 0.2) is 0 Å². The highest BCUT2D eigenvalue weighted by Gasteiger charge is 2.40. The number of methoxy groups -OCH3 is 1. The van der Waals surface area contributed by atoms with E-state index < -0.39 is 0 Å². The molecule has 2 heterocycles. The first kappa shape index (κ1) is 23.7. The van der Waals surface area contributed by atoms with Crippen LogP contribution in [0.5, 0.6) is 5.75 Å². The van der Waals surface area contributed by atoms with Crippen LogP contribution in [0.25, 0.3) is 10.9 Å². The number of aromatic amines is 1. The Bertz CT molecular complexity index is 1180. The van der Waals surface area contributed by atoms with Gasteiger partial charge in [0.25, 0.3) is 0 Å². The lowest BCUT2D eigenvalue weighted by molar-refractivity contribution is 0.124. The molecule has 0 spiro atoms. The van der Waals surface area contributed by atoms with Crippen LogP contribution in [-0.2, 0) is 19.3 Å². The number of H-pyrrole nitrogens is 1. The summed E-state index contributed by atoms with van der Waals surface area (Å²) in [4.78, 5) is 20.9. The number of aromatic nitrogens is 1. The van der Waals surface area contributed by atoms with Gasteiger partial charge in [0.1, 0.15) is 5.75 Å². The van der Waals surface area contributed by atoms with Crippen molar-refractivity contribution in [2.45, 2.75) is 57.5 Å². The summed E-state index contributed by atoms with van der Waals surface area (Å²) < 4.78 is 5.30. The Morgan fingerprint density at radius 2 is 1.91 bits per heavy atom. The second-order valence-corrected chi connectivity index (χ2v) is 10.1. The molecule has 2 N–H and O–H groups in total. The Morgan fingerprint density at radius 1 is 1.14 bits per heavy atom. The van der Waals surface area contributed by atoms with E-state index >= 15 is 0 Å². The van der Waals surface area contributed by atoms with Crippen LogP contribution in [0.15, 0.2) is 42.5 Å². The molecular formula is C29H38N4O2. The SMILES string of the molecule is CCN(CC)C(=O)N[C@H]1C[C@@H]2c3cccc4[nH]c(CCc5ccc(OC)cc5)c(c34)C[C@H]2N(C)C1. The van der Waals surface area contributed by atoms with Gasteiger partial charge < -0.3 is 24.8 Å². The van der Waals surface area contributed by atoms with Gasteiger partial charge in [-0.25, -0.2) is 4.79 Å². The first-order chi connectivity index (χ1) is 17.0. The van der Waals surface area contributed by atoms with E-state index in [4.69, 9.17) is 4.74 Å². The number of fused-ring (bicyclic) bond motifs is 2. The number of ether oxygens (including phenoxy) is 1. The number of carbonyl (C=O) groups excluding carboxylic acids is 1. The number of likely N-dealkylation sites (tertiary alicyclic amines) is 1. The van der Waals surface area contributed by atoms with E-state index in [-0.39, 0.29) is 12.1 Å². The van der Waals surface area contributed by atoms with Crippen LogP contribution >= 0.6 is 0 Å². The number of rotatable bonds is 7. The van der Waals surface area contributed by atoms with Gasteiger partial charge in [-0.1, -0.05) is 24.3 Å². The number of urea groups is 1. The maximum Gasteiger partial charge on any atom is 0.317 e. The number of nitrogens with zero attached hydrogens (tertiary/aromatic N) is 2. The third kappa shape index (κ3) is 4.52. The zero-order valence-electron chi connectivity index (χ0n) is 21.4. The molecule has 0 radical (unpaired) electrons. The number of hydrogen-bond acceptors (Lipinski definition) is 3. The average Bonchev–Trinajstić information content (AvgIpc) is 3.23. The highest BCUT2D eigenvalue weighted by Crippen LogP contribution is 2.44. The van der Waals surface area contributed by atoms with Crippen molar-refractivity contribution in [1.82, 2.24) is 20.1 Å². The first-order valence-electron chi connectivity index (χ1n) is 13.0. The van der Waals surface area contributed by atoms with Crippen molar-refractivity contribution >= 4 is 16.9 Å². The summed E-state index contributed by atoms with van der Waals surface area (Å²) in [6.07, 6.45) is 4.06. The molecule has 0 unspecified atom stereocenters. The summed E-state index contributed by atoms with van der Waals surface area (Å²) in [6.45, 7) is 6.44. The van der Waals surface area contributed by atoms with E-state index in [0.717, 1.165) is 51.1 Å². The number of nitrogens with one attached hydrogen (secondary N) is 2. The van der Waals surface area contributed by atoms with E-state index in [9.17, 15) is 4.79 Å². The smallest absolute Gasteiger partial charge is 0.317 e. The van der Waals surface area contributed by atoms with E-state index in [1.165, 1.54) is 33.3 Å². The van der Waals surface area contributed by atoms with Crippen molar-refractivity contribution in [2.24, 2.45) is 0 Å². The van der Waals surface area contributed by atoms with Crippen LogP contribution in [0.2, 0.25) is 0 Å². The molecule has 5 rings (SSSR count). The molecule has 6 nitrogen and oxygen atoms in total. The van der Waals surface area contributed by atoms with E-state index in [1.807, 2.05) is 30.9 Å². The normalized spacial score (nSPS) is 21.5. The van der Waals surface area contributed by atoms with Crippen LogP contribution in [0.1, 0.15) is 48.6 Å². The monoisotopic (exact) mass is 474 g/mol. The number of hydrogen-bond donors (Lipinski definition) is 2. The molecule has 2 amide bonds. The number of benzene rings is 2. The van der Waals surface area contributed by atoms with E-state index in [1.54, 1.807) is 7.11 Å². The minimum absolute atomic E-state index is 0.0593. The highest BCUT2D eigenvalue weighted by molar-refractivity contribution is 5.89. The summed E-state index contributed by atoms with van der Waals surface area (Å²) in [7, 11) is 3.93. The Hall–Kier alpha value is -2.99. The van der Waals surface area contributed by atoms with Gasteiger partial charge in [0, 0.05) is 54.2 Å². The van der Waals surface area contributed by atoms with Gasteiger partial charge in [0.05, 0.1) is 7.11 Å². The maximum absolute atomic E-state index is 12.7. The standard InChI is InChI=1S/C29H38N4O2/c1-5-33(6-2)29(34)30-20-16-23-22-8-7-9-26-28(22)24(17-27(23)32(3)18-20)25(31-26)15-12-19-10-13-21(35-4)14-11-19/h7-11,13-14,20,23,27,31H,5-6,12,15-18H2,1-4H3,(H,30,34)/t20-,23+,27+/m0/s1. The molecule has 1 aromatic heterocycles. The predicted molar refractivity (Wildman–Crippen MR) is 141 cm³/mol. The Labute approximate surface area is 208 Å². The van der Waals surface area contributed by atoms with Gasteiger partial charge in [-0.3, -0.25) is 0 Å². The van der Waals surface area contributed by atoms with Gasteiger partial charge >= 0.3 is 6.03 Å². The first-order valence-corrected chi connectivity index (χ1v) is 13.0. The minimum Gasteiger partial charge on any atom is -0.497 e. The zero-order valence-corrected chi connectivity index (χ0v) is 21.4. The fourth-order valence-electron chi connectivity index (χ4n) is 6.26. The molecule has 0 bridgehead atoms. The number of piperidine rings is 1. The topological polar surface area (TPSA) is 60.6 Å². The van der Waals surface area contributed by atoms with Gasteiger partial charge in [-0.2, -0.15) is 0 Å². The molecule has 1 fully saturated rings. The van der Waals surface area contributed by atoms with Gasteiger partial charge in [-0.15, -0.1) is 0 Å². The Balaban J connectivity index is 1.39. The molecule has 35 heavy (non-hydrogen) atoms. The van der Waals surface area contributed by atoms with Crippen molar-refractivity contribution in [3.8, 4) is 5.75 Å². The number of amides is 2. The molecule has 1 aliphatic heterocycles. The highest BCUT2D eigenvalue weighted by atomic mass is 16.5. The zero-order chi connectivity index (χ0) is 24.5. The Kier molecular flexibility index (Phi) is 6.74. The number of aryl methyl sites for hydroxylation is 2. The second kappa shape index (κ2) is 9.94. The third-order valence-electron chi connectivity index (χ3n) is 8.14. The Morgan fingerprint density at radius 3 is 2.63 bits per heavy atom. The molecule has 0 saturated carbocycles. The molecule has 2 aliphatic rings. The third-order valence-corrected chi connectivity index (χ3v) is 8.14. The summed E-state index contributed by atoms with van der Waals surface area (Å²) in [5.41, 5.74) is 6.87. The van der Waals surface area contributed by atoms with Crippen LogP contribution in [-0.4, -0.2) is 66.7 Å². The lowest BCUT2D eigenvalue weighted by Crippen LogP contribution is -2.56. The van der Waals surface area contributed by atoms with Crippen molar-refractivity contribution < 1.29 is 9.53 Å². The molecule has 2 aromatic carbocycles. The fourth-order valence-corrected chi connectivity index (χ4v) is 6.26. The van der Waals surface area contributed by atoms with E-state index in [0.29, 0.717) is 12.0 Å². The van der Waals surface area contributed by atoms with E-state index in [2.05, 4.69) is 52.6 Å². The van der Waals surface area contributed by atoms with Crippen molar-refractivity contribution in [1.29, 1.82) is 0 Å². The van der Waals surface area contributed by atoms with Crippen LogP contribution < -0.4 is 10.1 Å². The molecule has 1 saturated heterocycles. The second-order valence-electron chi connectivity index (χ2n) is 10.1. The largest absolute Gasteiger partial charge is 0.497 e. The summed E-state index contributed by atoms with van der Waals surface area (Å²) >= 11 is 0. The van der Waals surface area contributed by atoms with Crippen LogP contribution in [0.4, 0.5) is 4.79 Å². The predicted octanol–water partition coefficient (Wildman–Crippen LogP) is 4.73. The summed E-state index contributed by atoms with van der Waals surface area (Å²) in [5, 5.41) is 4.74. The molecule has 1 aliphatic carbocycles. The van der Waals surface area contributed by atoms with Crippen LogP contribution in [0.3, 0.4) is 0 Å². The average molecular weight is 475 g/mol. The van der Waals surface area contributed by atoms with Crippen molar-refractivity contribution in [2.75, 3.05) is 33.8 Å². The summed E-state index contributed by atoms with van der Waals surface area (Å²) in [6, 6.07) is 15.8. The number of carbonyl (C=O) groups is 1. The lowest BCUT2D eigenvalue weighted by Gasteiger charge is -2.46. The fraction of sp³-hybridized carbons (Fsp3) is 0.483. The molecule has 3 aromatic rings. The minimum atomic E-state index is 0.0593. The molecule has 186 valence electrons. The maximum atomic E-state index is 12.7.